The Labute approximate surface area is 325 Å². The molecule has 0 aliphatic carbocycles. The van der Waals surface area contributed by atoms with Crippen molar-refractivity contribution in [3.63, 3.8) is 0 Å². The zero-order valence-electron chi connectivity index (χ0n) is 30.6. The van der Waals surface area contributed by atoms with Gasteiger partial charge in [0.05, 0.1) is 44.1 Å². The highest BCUT2D eigenvalue weighted by atomic mass is 15.0. The molecule has 0 radical (unpaired) electrons. The second-order valence-electron chi connectivity index (χ2n) is 15.0. The molecule has 5 aromatic heterocycles. The highest BCUT2D eigenvalue weighted by molar-refractivity contribution is 6.23. The van der Waals surface area contributed by atoms with Crippen LogP contribution in [0.4, 0.5) is 0 Å². The Bertz CT molecular complexity index is 3590. The van der Waals surface area contributed by atoms with Crippen LogP contribution < -0.4 is 0 Å². The van der Waals surface area contributed by atoms with Gasteiger partial charge in [0.25, 0.3) is 0 Å². The number of aromatic nitrogens is 5. The van der Waals surface area contributed by atoms with Gasteiger partial charge < -0.3 is 9.13 Å². The molecule has 0 N–H and O–H groups in total. The van der Waals surface area contributed by atoms with E-state index >= 15 is 0 Å². The number of nitrogens with zero attached hydrogens (tertiary/aromatic N) is 5. The summed E-state index contributed by atoms with van der Waals surface area (Å²) in [4.78, 5) is 10.2. The SMILES string of the molecule is c1cnc2c(c1)ccc1c2c2ccc(-c3cc(-n4c5ccccc5c5ccccc54)cc(-n4c5ccccc5c5ccccc54)c3)cc2n2c3ccccc3nc12. The van der Waals surface area contributed by atoms with E-state index < -0.39 is 0 Å². The molecule has 5 heterocycles. The van der Waals surface area contributed by atoms with Gasteiger partial charge in [0.2, 0.25) is 0 Å². The van der Waals surface area contributed by atoms with E-state index in [1.54, 1.807) is 0 Å². The molecule has 0 saturated heterocycles. The maximum atomic E-state index is 5.24. The lowest BCUT2D eigenvalue weighted by Gasteiger charge is -2.17. The van der Waals surface area contributed by atoms with Crippen molar-refractivity contribution < 1.29 is 0 Å². The largest absolute Gasteiger partial charge is 0.309 e. The standard InChI is InChI=1S/C52H31N5/c1-6-18-44-37(13-1)38-14-2-7-19-45(38)55(44)35-28-34(29-36(31-35)56-46-20-8-3-15-39(46)40-16-4-9-21-47(40)56)33-24-25-41-49(30-33)57-48-22-10-5-17-43(48)54-52(57)42-26-23-32-12-11-27-53-51(32)50(41)42/h1-31H. The van der Waals surface area contributed by atoms with Crippen LogP contribution in [0.3, 0.4) is 0 Å². The van der Waals surface area contributed by atoms with Crippen LogP contribution in [0.25, 0.3) is 115 Å². The van der Waals surface area contributed by atoms with Gasteiger partial charge in [-0.25, -0.2) is 4.98 Å². The van der Waals surface area contributed by atoms with Gasteiger partial charge in [-0.05, 0) is 83.9 Å². The summed E-state index contributed by atoms with van der Waals surface area (Å²) in [6.07, 6.45) is 1.89. The smallest absolute Gasteiger partial charge is 0.146 e. The van der Waals surface area contributed by atoms with Gasteiger partial charge in [-0.3, -0.25) is 9.38 Å². The molecule has 0 spiro atoms. The van der Waals surface area contributed by atoms with Crippen LogP contribution >= 0.6 is 0 Å². The third kappa shape index (κ3) is 4.23. The summed E-state index contributed by atoms with van der Waals surface area (Å²) in [5.74, 6) is 0. The van der Waals surface area contributed by atoms with Crippen molar-refractivity contribution in [1.82, 2.24) is 23.5 Å². The van der Waals surface area contributed by atoms with E-state index in [1.807, 2.05) is 12.3 Å². The number of hydrogen-bond acceptors (Lipinski definition) is 2. The molecule has 13 aromatic rings. The summed E-state index contributed by atoms with van der Waals surface area (Å²) < 4.78 is 7.20. The van der Waals surface area contributed by atoms with Gasteiger partial charge in [0, 0.05) is 60.7 Å². The highest BCUT2D eigenvalue weighted by Gasteiger charge is 2.20. The molecule has 5 heteroatoms. The van der Waals surface area contributed by atoms with Gasteiger partial charge in [0.15, 0.2) is 0 Å². The van der Waals surface area contributed by atoms with Crippen molar-refractivity contribution >= 4 is 92.9 Å². The van der Waals surface area contributed by atoms with Crippen molar-refractivity contribution in [3.8, 4) is 22.5 Å². The third-order valence-corrected chi connectivity index (χ3v) is 12.0. The predicted octanol–water partition coefficient (Wildman–Crippen LogP) is 13.2. The summed E-state index contributed by atoms with van der Waals surface area (Å²) in [5.41, 5.74) is 14.3. The zero-order valence-corrected chi connectivity index (χ0v) is 30.6. The highest BCUT2D eigenvalue weighted by Crippen LogP contribution is 2.41. The van der Waals surface area contributed by atoms with E-state index in [9.17, 15) is 0 Å². The minimum absolute atomic E-state index is 0.938. The van der Waals surface area contributed by atoms with Crippen molar-refractivity contribution in [3.05, 3.63) is 188 Å². The normalized spacial score (nSPS) is 12.2. The fraction of sp³-hybridized carbons (Fsp3) is 0. The Balaban J connectivity index is 1.17. The molecule has 8 aromatic carbocycles. The second-order valence-corrected chi connectivity index (χ2v) is 15.0. The fourth-order valence-corrected chi connectivity index (χ4v) is 9.58. The molecule has 0 atom stereocenters. The Kier molecular flexibility index (Phi) is 6.10. The van der Waals surface area contributed by atoms with Crippen LogP contribution in [-0.2, 0) is 0 Å². The summed E-state index contributed by atoms with van der Waals surface area (Å²) in [5, 5.41) is 9.45. The number of para-hydroxylation sites is 6. The average Bonchev–Trinajstić information content (AvgIpc) is 3.94. The molecule has 264 valence electrons. The Hall–Kier alpha value is -7.76. The first-order valence-electron chi connectivity index (χ1n) is 19.4. The third-order valence-electron chi connectivity index (χ3n) is 12.0. The maximum absolute atomic E-state index is 5.24. The number of rotatable bonds is 3. The summed E-state index contributed by atoms with van der Waals surface area (Å²) in [6, 6.07) is 66.0. The van der Waals surface area contributed by atoms with Crippen LogP contribution in [-0.4, -0.2) is 23.5 Å². The Morgan fingerprint density at radius 1 is 0.368 bits per heavy atom. The van der Waals surface area contributed by atoms with Crippen molar-refractivity contribution in [2.45, 2.75) is 0 Å². The minimum atomic E-state index is 0.938. The predicted molar refractivity (Wildman–Crippen MR) is 237 cm³/mol. The number of benzene rings is 8. The molecule has 0 bridgehead atoms. The topological polar surface area (TPSA) is 40.0 Å². The van der Waals surface area contributed by atoms with E-state index in [1.165, 1.54) is 43.6 Å². The summed E-state index contributed by atoms with van der Waals surface area (Å²) >= 11 is 0. The summed E-state index contributed by atoms with van der Waals surface area (Å²) in [6.45, 7) is 0. The molecule has 13 rings (SSSR count). The molecule has 0 aliphatic rings. The first kappa shape index (κ1) is 30.6. The van der Waals surface area contributed by atoms with Crippen LogP contribution in [0, 0.1) is 0 Å². The Morgan fingerprint density at radius 3 is 1.53 bits per heavy atom. The van der Waals surface area contributed by atoms with Crippen molar-refractivity contribution in [2.75, 3.05) is 0 Å². The van der Waals surface area contributed by atoms with Crippen LogP contribution in [0.2, 0.25) is 0 Å². The number of pyridine rings is 2. The molecule has 0 unspecified atom stereocenters. The monoisotopic (exact) mass is 725 g/mol. The maximum Gasteiger partial charge on any atom is 0.146 e. The van der Waals surface area contributed by atoms with E-state index in [-0.39, 0.29) is 0 Å². The molecule has 0 saturated carbocycles. The Morgan fingerprint density at radius 2 is 0.912 bits per heavy atom. The quantitative estimate of drug-likeness (QED) is 0.170. The van der Waals surface area contributed by atoms with E-state index in [2.05, 4.69) is 189 Å². The van der Waals surface area contributed by atoms with Crippen molar-refractivity contribution in [2.24, 2.45) is 0 Å². The van der Waals surface area contributed by atoms with Crippen LogP contribution in [0.5, 0.6) is 0 Å². The first-order valence-corrected chi connectivity index (χ1v) is 19.4. The first-order chi connectivity index (χ1) is 28.3. The molecule has 5 nitrogen and oxygen atoms in total. The second kappa shape index (κ2) is 11.4. The molecule has 0 fully saturated rings. The van der Waals surface area contributed by atoms with Gasteiger partial charge in [-0.15, -0.1) is 0 Å². The van der Waals surface area contributed by atoms with Gasteiger partial charge in [0.1, 0.15) is 5.65 Å². The van der Waals surface area contributed by atoms with Gasteiger partial charge in [-0.2, -0.15) is 0 Å². The lowest BCUT2D eigenvalue weighted by molar-refractivity contribution is 1.13. The molecular formula is C52H31N5. The minimum Gasteiger partial charge on any atom is -0.309 e. The van der Waals surface area contributed by atoms with E-state index in [0.29, 0.717) is 0 Å². The van der Waals surface area contributed by atoms with Crippen LogP contribution in [0.15, 0.2) is 188 Å². The molecule has 57 heavy (non-hydrogen) atoms. The number of hydrogen-bond donors (Lipinski definition) is 0. The lowest BCUT2D eigenvalue weighted by Crippen LogP contribution is -2.00. The average molecular weight is 726 g/mol. The van der Waals surface area contributed by atoms with Crippen LogP contribution in [0.1, 0.15) is 0 Å². The molecule has 0 amide bonds. The number of fused-ring (bicyclic) bond motifs is 16. The van der Waals surface area contributed by atoms with Gasteiger partial charge in [-0.1, -0.05) is 109 Å². The molecular weight excluding hydrogens is 695 g/mol. The number of imidazole rings is 1. The zero-order chi connectivity index (χ0) is 37.2. The summed E-state index contributed by atoms with van der Waals surface area (Å²) in [7, 11) is 0. The van der Waals surface area contributed by atoms with Crippen molar-refractivity contribution in [1.29, 1.82) is 0 Å². The lowest BCUT2D eigenvalue weighted by atomic mass is 9.98. The molecule has 0 aliphatic heterocycles. The van der Waals surface area contributed by atoms with Gasteiger partial charge >= 0.3 is 0 Å². The van der Waals surface area contributed by atoms with E-state index in [0.717, 1.165) is 71.8 Å². The van der Waals surface area contributed by atoms with E-state index in [4.69, 9.17) is 9.97 Å². The fourth-order valence-electron chi connectivity index (χ4n) is 9.58.